The molecule has 6 nitrogen and oxygen atoms in total. The van der Waals surface area contributed by atoms with E-state index in [0.717, 1.165) is 41.4 Å². The van der Waals surface area contributed by atoms with Gasteiger partial charge in [-0.3, -0.25) is 9.20 Å². The van der Waals surface area contributed by atoms with Crippen LogP contribution in [0.4, 0.5) is 0 Å². The van der Waals surface area contributed by atoms with E-state index >= 15 is 0 Å². The Morgan fingerprint density at radius 1 is 1.04 bits per heavy atom. The number of fused-ring (bicyclic) bond motifs is 3. The van der Waals surface area contributed by atoms with Crippen LogP contribution < -0.4 is 5.32 Å². The van der Waals surface area contributed by atoms with Crippen LogP contribution in [0.15, 0.2) is 59.8 Å². The summed E-state index contributed by atoms with van der Waals surface area (Å²) in [6, 6.07) is 18.9. The third-order valence-electron chi connectivity index (χ3n) is 4.73. The highest BCUT2D eigenvalue weighted by molar-refractivity contribution is 7.99. The minimum atomic E-state index is 0.0623. The fourth-order valence-corrected chi connectivity index (χ4v) is 4.03. The topological polar surface area (TPSA) is 64.2 Å². The first-order valence-electron chi connectivity index (χ1n) is 9.08. The smallest absolute Gasteiger partial charge is 0.237 e. The summed E-state index contributed by atoms with van der Waals surface area (Å²) in [7, 11) is 0. The van der Waals surface area contributed by atoms with E-state index < -0.39 is 0 Å². The molecule has 0 aliphatic heterocycles. The molecule has 136 valence electrons. The number of imidazole rings is 1. The zero-order chi connectivity index (χ0) is 18.2. The number of aromatic nitrogens is 4. The van der Waals surface area contributed by atoms with Gasteiger partial charge in [-0.25, -0.2) is 0 Å². The van der Waals surface area contributed by atoms with Gasteiger partial charge in [0.1, 0.15) is 0 Å². The van der Waals surface area contributed by atoms with Gasteiger partial charge in [-0.05, 0) is 30.5 Å². The zero-order valence-corrected chi connectivity index (χ0v) is 15.5. The summed E-state index contributed by atoms with van der Waals surface area (Å²) in [4.78, 5) is 12.0. The van der Waals surface area contributed by atoms with Crippen LogP contribution in [-0.4, -0.2) is 36.9 Å². The molecule has 27 heavy (non-hydrogen) atoms. The van der Waals surface area contributed by atoms with Crippen molar-refractivity contribution in [2.75, 3.05) is 5.75 Å². The van der Waals surface area contributed by atoms with Gasteiger partial charge in [-0.1, -0.05) is 54.2 Å². The van der Waals surface area contributed by atoms with E-state index in [0.29, 0.717) is 11.8 Å². The van der Waals surface area contributed by atoms with Crippen molar-refractivity contribution in [3.8, 4) is 0 Å². The van der Waals surface area contributed by atoms with Crippen LogP contribution in [0.25, 0.3) is 16.8 Å². The van der Waals surface area contributed by atoms with Gasteiger partial charge in [0.05, 0.1) is 23.3 Å². The lowest BCUT2D eigenvalue weighted by Crippen LogP contribution is -2.27. The number of carbonyl (C=O) groups is 1. The van der Waals surface area contributed by atoms with Gasteiger partial charge in [-0.2, -0.15) is 0 Å². The van der Waals surface area contributed by atoms with E-state index in [9.17, 15) is 4.79 Å². The van der Waals surface area contributed by atoms with Crippen LogP contribution in [0.5, 0.6) is 0 Å². The van der Waals surface area contributed by atoms with E-state index in [1.807, 2.05) is 34.7 Å². The Labute approximate surface area is 160 Å². The van der Waals surface area contributed by atoms with Gasteiger partial charge < -0.3 is 9.88 Å². The molecule has 0 spiro atoms. The highest BCUT2D eigenvalue weighted by Gasteiger charge is 2.24. The van der Waals surface area contributed by atoms with Crippen LogP contribution in [0.1, 0.15) is 18.4 Å². The van der Waals surface area contributed by atoms with Crippen LogP contribution in [-0.2, 0) is 11.3 Å². The van der Waals surface area contributed by atoms with Gasteiger partial charge in [0.2, 0.25) is 11.7 Å². The average molecular weight is 377 g/mol. The third kappa shape index (κ3) is 3.19. The largest absolute Gasteiger partial charge is 0.353 e. The molecular formula is C20H19N5OS. The van der Waals surface area contributed by atoms with Crippen molar-refractivity contribution in [1.82, 2.24) is 24.5 Å². The average Bonchev–Trinajstić information content (AvgIpc) is 3.32. The summed E-state index contributed by atoms with van der Waals surface area (Å²) >= 11 is 1.43. The number of nitrogens with zero attached hydrogens (tertiary/aromatic N) is 4. The first-order chi connectivity index (χ1) is 13.3. The number of hydrogen-bond donors (Lipinski definition) is 1. The summed E-state index contributed by atoms with van der Waals surface area (Å²) in [5.41, 5.74) is 3.37. The number of amides is 1. The second-order valence-electron chi connectivity index (χ2n) is 6.81. The van der Waals surface area contributed by atoms with Gasteiger partial charge in [0.25, 0.3) is 0 Å². The molecule has 1 aliphatic carbocycles. The molecule has 7 heteroatoms. The molecule has 0 unspecified atom stereocenters. The fourth-order valence-electron chi connectivity index (χ4n) is 3.28. The molecular weight excluding hydrogens is 358 g/mol. The van der Waals surface area contributed by atoms with E-state index in [4.69, 9.17) is 0 Å². The number of thioether (sulfide) groups is 1. The summed E-state index contributed by atoms with van der Waals surface area (Å²) in [5, 5.41) is 12.5. The number of carbonyl (C=O) groups excluding carboxylic acids is 1. The Balaban J connectivity index is 1.51. The molecule has 4 aromatic rings. The van der Waals surface area contributed by atoms with Crippen molar-refractivity contribution in [2.45, 2.75) is 30.6 Å². The van der Waals surface area contributed by atoms with Crippen LogP contribution in [0, 0.1) is 0 Å². The Hall–Kier alpha value is -2.80. The first kappa shape index (κ1) is 16.4. The second-order valence-corrected chi connectivity index (χ2v) is 7.75. The molecule has 2 heterocycles. The van der Waals surface area contributed by atoms with Crippen LogP contribution in [0.3, 0.4) is 0 Å². The lowest BCUT2D eigenvalue weighted by molar-refractivity contribution is -0.118. The lowest BCUT2D eigenvalue weighted by atomic mass is 10.2. The number of nitrogens with one attached hydrogen (secondary N) is 1. The third-order valence-corrected chi connectivity index (χ3v) is 5.66. The highest BCUT2D eigenvalue weighted by Crippen LogP contribution is 2.27. The van der Waals surface area contributed by atoms with Crippen molar-refractivity contribution >= 4 is 34.5 Å². The fraction of sp³-hybridized carbons (Fsp3) is 0.250. The Kier molecular flexibility index (Phi) is 4.09. The molecule has 0 atom stereocenters. The van der Waals surface area contributed by atoms with E-state index in [1.165, 1.54) is 17.3 Å². The maximum absolute atomic E-state index is 12.0. The van der Waals surface area contributed by atoms with Crippen molar-refractivity contribution in [2.24, 2.45) is 0 Å². The molecule has 2 aromatic heterocycles. The monoisotopic (exact) mass is 377 g/mol. The minimum absolute atomic E-state index is 0.0623. The summed E-state index contributed by atoms with van der Waals surface area (Å²) in [5.74, 6) is 1.22. The predicted octanol–water partition coefficient (Wildman–Crippen LogP) is 3.10. The molecule has 1 fully saturated rings. The van der Waals surface area contributed by atoms with Crippen LogP contribution in [0.2, 0.25) is 0 Å². The maximum atomic E-state index is 12.0. The van der Waals surface area contributed by atoms with Gasteiger partial charge in [0, 0.05) is 6.04 Å². The van der Waals surface area contributed by atoms with Crippen molar-refractivity contribution in [3.63, 3.8) is 0 Å². The molecule has 1 amide bonds. The summed E-state index contributed by atoms with van der Waals surface area (Å²) in [6.45, 7) is 0.725. The molecule has 1 saturated carbocycles. The van der Waals surface area contributed by atoms with E-state index in [-0.39, 0.29) is 5.91 Å². The van der Waals surface area contributed by atoms with E-state index in [1.54, 1.807) is 0 Å². The van der Waals surface area contributed by atoms with Gasteiger partial charge in [0.15, 0.2) is 5.16 Å². The Bertz CT molecular complexity index is 1110. The predicted molar refractivity (Wildman–Crippen MR) is 106 cm³/mol. The Morgan fingerprint density at radius 2 is 1.78 bits per heavy atom. The standard InChI is InChI=1S/C20H19N5OS/c26-18(21-15-10-11-15)13-27-20-23-22-19-24(12-14-6-2-1-3-7-14)16-8-4-5-9-17(16)25(19)20/h1-9,15H,10-13H2,(H,21,26). The van der Waals surface area contributed by atoms with E-state index in [2.05, 4.69) is 44.3 Å². The highest BCUT2D eigenvalue weighted by atomic mass is 32.2. The minimum Gasteiger partial charge on any atom is -0.353 e. The maximum Gasteiger partial charge on any atom is 0.237 e. The lowest BCUT2D eigenvalue weighted by Gasteiger charge is -2.04. The number of para-hydroxylation sites is 2. The molecule has 5 rings (SSSR count). The van der Waals surface area contributed by atoms with Crippen molar-refractivity contribution < 1.29 is 4.79 Å². The first-order valence-corrected chi connectivity index (χ1v) is 10.1. The zero-order valence-electron chi connectivity index (χ0n) is 14.7. The van der Waals surface area contributed by atoms with Crippen molar-refractivity contribution in [1.29, 1.82) is 0 Å². The van der Waals surface area contributed by atoms with Gasteiger partial charge in [-0.15, -0.1) is 10.2 Å². The number of benzene rings is 2. The molecule has 0 bridgehead atoms. The van der Waals surface area contributed by atoms with Crippen LogP contribution >= 0.6 is 11.8 Å². The quantitative estimate of drug-likeness (QED) is 0.525. The number of rotatable bonds is 6. The van der Waals surface area contributed by atoms with Crippen molar-refractivity contribution in [3.05, 3.63) is 60.2 Å². The molecule has 0 saturated heterocycles. The summed E-state index contributed by atoms with van der Waals surface area (Å²) in [6.07, 6.45) is 2.19. The second kappa shape index (κ2) is 6.74. The Morgan fingerprint density at radius 3 is 2.56 bits per heavy atom. The molecule has 1 N–H and O–H groups in total. The molecule has 1 aliphatic rings. The SMILES string of the molecule is O=C(CSc1nnc2n(Cc3ccccc3)c3ccccc3n12)NC1CC1. The summed E-state index contributed by atoms with van der Waals surface area (Å²) < 4.78 is 4.22. The number of hydrogen-bond acceptors (Lipinski definition) is 4. The molecule has 0 radical (unpaired) electrons. The normalized spacial score (nSPS) is 14.1. The molecule has 2 aromatic carbocycles. The van der Waals surface area contributed by atoms with Gasteiger partial charge >= 0.3 is 0 Å².